The molecule has 2 fully saturated rings. The first kappa shape index (κ1) is 20.0. The summed E-state index contributed by atoms with van der Waals surface area (Å²) in [6.07, 6.45) is 6.39. The number of rotatable bonds is 6. The van der Waals surface area contributed by atoms with E-state index in [-0.39, 0.29) is 5.41 Å². The molecule has 0 unspecified atom stereocenters. The number of hydrogen-bond donors (Lipinski definition) is 2. The molecular weight excluding hydrogens is 382 g/mol. The monoisotopic (exact) mass is 411 g/mol. The van der Waals surface area contributed by atoms with Crippen LogP contribution < -0.4 is 15.5 Å². The van der Waals surface area contributed by atoms with Gasteiger partial charge in [0, 0.05) is 42.3 Å². The predicted molar refractivity (Wildman–Crippen MR) is 121 cm³/mol. The molecule has 2 aromatic rings. The highest BCUT2D eigenvalue weighted by atomic mass is 35.5. The summed E-state index contributed by atoms with van der Waals surface area (Å²) in [6.45, 7) is 5.81. The maximum Gasteiger partial charge on any atom is 0.191 e. The molecule has 0 amide bonds. The van der Waals surface area contributed by atoms with E-state index in [0.717, 1.165) is 55.8 Å². The van der Waals surface area contributed by atoms with E-state index < -0.39 is 0 Å². The molecule has 1 saturated heterocycles. The lowest BCUT2D eigenvalue weighted by atomic mass is 9.96. The van der Waals surface area contributed by atoms with Crippen molar-refractivity contribution in [3.8, 4) is 0 Å². The van der Waals surface area contributed by atoms with Crippen LogP contribution in [0.4, 0.5) is 5.82 Å². The zero-order valence-electron chi connectivity index (χ0n) is 17.1. The van der Waals surface area contributed by atoms with Crippen LogP contribution in [0.15, 0.2) is 53.7 Å². The number of aromatic nitrogens is 1. The summed E-state index contributed by atoms with van der Waals surface area (Å²) in [5, 5.41) is 7.89. The highest BCUT2D eigenvalue weighted by Crippen LogP contribution is 2.48. The van der Waals surface area contributed by atoms with E-state index in [1.54, 1.807) is 0 Å². The Labute approximate surface area is 178 Å². The van der Waals surface area contributed by atoms with Crippen LogP contribution >= 0.6 is 11.6 Å². The lowest BCUT2D eigenvalue weighted by Gasteiger charge is -2.33. The van der Waals surface area contributed by atoms with E-state index in [9.17, 15) is 0 Å². The van der Waals surface area contributed by atoms with Crippen molar-refractivity contribution in [1.29, 1.82) is 0 Å². The number of benzene rings is 1. The minimum atomic E-state index is 0.162. The predicted octanol–water partition coefficient (Wildman–Crippen LogP) is 3.99. The van der Waals surface area contributed by atoms with Crippen molar-refractivity contribution < 1.29 is 0 Å². The molecule has 1 saturated carbocycles. The summed E-state index contributed by atoms with van der Waals surface area (Å²) in [4.78, 5) is 11.8. The van der Waals surface area contributed by atoms with E-state index >= 15 is 0 Å². The van der Waals surface area contributed by atoms with E-state index in [4.69, 9.17) is 16.6 Å². The van der Waals surface area contributed by atoms with Gasteiger partial charge < -0.3 is 15.5 Å². The van der Waals surface area contributed by atoms with Gasteiger partial charge in [0.05, 0.1) is 6.54 Å². The smallest absolute Gasteiger partial charge is 0.191 e. The van der Waals surface area contributed by atoms with E-state index in [0.29, 0.717) is 6.04 Å². The van der Waals surface area contributed by atoms with E-state index in [1.165, 1.54) is 18.4 Å². The minimum Gasteiger partial charge on any atom is -0.357 e. The summed E-state index contributed by atoms with van der Waals surface area (Å²) in [7, 11) is 0. The van der Waals surface area contributed by atoms with Crippen molar-refractivity contribution in [1.82, 2.24) is 15.6 Å². The Morgan fingerprint density at radius 2 is 2.03 bits per heavy atom. The third-order valence-electron chi connectivity index (χ3n) is 5.98. The molecule has 4 rings (SSSR count). The molecule has 2 aliphatic rings. The first-order chi connectivity index (χ1) is 14.2. The lowest BCUT2D eigenvalue weighted by molar-refractivity contribution is 0.459. The third-order valence-corrected chi connectivity index (χ3v) is 6.22. The molecule has 1 aliphatic carbocycles. The number of piperidine rings is 1. The Balaban J connectivity index is 1.35. The van der Waals surface area contributed by atoms with Crippen molar-refractivity contribution in [2.24, 2.45) is 4.99 Å². The first-order valence-corrected chi connectivity index (χ1v) is 11.0. The number of pyridine rings is 1. The van der Waals surface area contributed by atoms with Gasteiger partial charge in [-0.3, -0.25) is 4.99 Å². The maximum atomic E-state index is 6.21. The Kier molecular flexibility index (Phi) is 6.24. The quantitative estimate of drug-likeness (QED) is 0.557. The topological polar surface area (TPSA) is 52.6 Å². The first-order valence-electron chi connectivity index (χ1n) is 10.7. The molecule has 2 N–H and O–H groups in total. The molecule has 6 heteroatoms. The van der Waals surface area contributed by atoms with Gasteiger partial charge in [0.25, 0.3) is 0 Å². The van der Waals surface area contributed by atoms with Gasteiger partial charge in [-0.25, -0.2) is 4.98 Å². The van der Waals surface area contributed by atoms with Crippen LogP contribution in [0.25, 0.3) is 0 Å². The van der Waals surface area contributed by atoms with Gasteiger partial charge in [-0.05, 0) is 62.4 Å². The fraction of sp³-hybridized carbons (Fsp3) is 0.478. The zero-order chi connectivity index (χ0) is 20.1. The molecular formula is C23H30ClN5. The van der Waals surface area contributed by atoms with Crippen LogP contribution in [0.3, 0.4) is 0 Å². The van der Waals surface area contributed by atoms with Crippen LogP contribution in [0, 0.1) is 0 Å². The van der Waals surface area contributed by atoms with Crippen LogP contribution in [0.1, 0.15) is 38.2 Å². The number of anilines is 1. The zero-order valence-corrected chi connectivity index (χ0v) is 17.8. The average Bonchev–Trinajstić information content (AvgIpc) is 3.55. The number of halogens is 1. The Morgan fingerprint density at radius 3 is 2.69 bits per heavy atom. The highest BCUT2D eigenvalue weighted by molar-refractivity contribution is 6.30. The van der Waals surface area contributed by atoms with Gasteiger partial charge in [0.1, 0.15) is 5.82 Å². The standard InChI is InChI=1S/C23H30ClN5/c1-2-25-22(27-17-23(11-12-23)18-6-5-7-19(24)16-18)28-20-9-14-29(15-10-20)21-8-3-4-13-26-21/h3-8,13,16,20H,2,9-12,14-15,17H2,1H3,(H2,25,27,28). The summed E-state index contributed by atoms with van der Waals surface area (Å²) < 4.78 is 0. The Morgan fingerprint density at radius 1 is 1.21 bits per heavy atom. The molecule has 0 atom stereocenters. The van der Waals surface area contributed by atoms with Gasteiger partial charge in [-0.1, -0.05) is 29.8 Å². The van der Waals surface area contributed by atoms with Crippen molar-refractivity contribution in [2.75, 3.05) is 31.1 Å². The third kappa shape index (κ3) is 5.02. The van der Waals surface area contributed by atoms with Gasteiger partial charge in [0.2, 0.25) is 0 Å². The second kappa shape index (κ2) is 9.04. The summed E-state index contributed by atoms with van der Waals surface area (Å²) in [5.74, 6) is 2.00. The van der Waals surface area contributed by atoms with Crippen molar-refractivity contribution in [3.63, 3.8) is 0 Å². The molecule has 0 bridgehead atoms. The van der Waals surface area contributed by atoms with Gasteiger partial charge in [-0.2, -0.15) is 0 Å². The number of hydrogen-bond acceptors (Lipinski definition) is 3. The summed E-state index contributed by atoms with van der Waals surface area (Å²) >= 11 is 6.21. The molecule has 0 spiro atoms. The molecule has 5 nitrogen and oxygen atoms in total. The molecule has 154 valence electrons. The fourth-order valence-corrected chi connectivity index (χ4v) is 4.24. The molecule has 1 aliphatic heterocycles. The highest BCUT2D eigenvalue weighted by Gasteiger charge is 2.44. The number of nitrogens with zero attached hydrogens (tertiary/aromatic N) is 3. The molecule has 1 aromatic heterocycles. The molecule has 29 heavy (non-hydrogen) atoms. The van der Waals surface area contributed by atoms with Crippen molar-refractivity contribution in [3.05, 3.63) is 59.2 Å². The Bertz CT molecular complexity index is 826. The van der Waals surface area contributed by atoms with E-state index in [2.05, 4.69) is 51.7 Å². The second-order valence-electron chi connectivity index (χ2n) is 8.08. The van der Waals surface area contributed by atoms with Gasteiger partial charge >= 0.3 is 0 Å². The minimum absolute atomic E-state index is 0.162. The lowest BCUT2D eigenvalue weighted by Crippen LogP contribution is -2.49. The van der Waals surface area contributed by atoms with E-state index in [1.807, 2.05) is 24.4 Å². The van der Waals surface area contributed by atoms with Crippen LogP contribution in [0.2, 0.25) is 5.02 Å². The van der Waals surface area contributed by atoms with Crippen LogP contribution in [-0.2, 0) is 5.41 Å². The fourth-order valence-electron chi connectivity index (χ4n) is 4.04. The number of aliphatic imine (C=N–C) groups is 1. The normalized spacial score (nSPS) is 19.1. The number of guanidine groups is 1. The molecule has 2 heterocycles. The van der Waals surface area contributed by atoms with Crippen LogP contribution in [-0.4, -0.2) is 43.2 Å². The van der Waals surface area contributed by atoms with Crippen molar-refractivity contribution >= 4 is 23.4 Å². The second-order valence-corrected chi connectivity index (χ2v) is 8.52. The SMILES string of the molecule is CCNC(=NCC1(c2cccc(Cl)c2)CC1)NC1CCN(c2ccccn2)CC1. The maximum absolute atomic E-state index is 6.21. The molecule has 1 aromatic carbocycles. The van der Waals surface area contributed by atoms with Crippen LogP contribution in [0.5, 0.6) is 0 Å². The van der Waals surface area contributed by atoms with Crippen molar-refractivity contribution in [2.45, 2.75) is 44.1 Å². The average molecular weight is 412 g/mol. The van der Waals surface area contributed by atoms with Gasteiger partial charge in [-0.15, -0.1) is 0 Å². The summed E-state index contributed by atoms with van der Waals surface area (Å²) in [5.41, 5.74) is 1.48. The largest absolute Gasteiger partial charge is 0.357 e. The Hall–Kier alpha value is -2.27. The number of nitrogens with one attached hydrogen (secondary N) is 2. The van der Waals surface area contributed by atoms with Gasteiger partial charge in [0.15, 0.2) is 5.96 Å². The molecule has 0 radical (unpaired) electrons. The summed E-state index contributed by atoms with van der Waals surface area (Å²) in [6, 6.07) is 14.8.